The van der Waals surface area contributed by atoms with Crippen LogP contribution >= 0.6 is 0 Å². The standard InChI is InChI=1S/C19H22N4O3/c1-11-8-14(24)26-12(2)15(11)17(25)23-7-3-5-19(10-23)6-4-13-9-21-18(20)22-16(13)19/h8-9H,3-7,10H2,1-2H3,(H2,20,21,22). The van der Waals surface area contributed by atoms with Gasteiger partial charge in [0.15, 0.2) is 0 Å². The minimum absolute atomic E-state index is 0.0849. The largest absolute Gasteiger partial charge is 0.427 e. The number of carbonyl (C=O) groups excluding carboxylic acids is 1. The number of nitrogens with zero attached hydrogens (tertiary/aromatic N) is 3. The van der Waals surface area contributed by atoms with Crippen LogP contribution in [0, 0.1) is 13.8 Å². The Hall–Kier alpha value is -2.70. The van der Waals surface area contributed by atoms with Crippen LogP contribution in [-0.2, 0) is 11.8 Å². The first-order valence-corrected chi connectivity index (χ1v) is 8.92. The van der Waals surface area contributed by atoms with E-state index in [0.29, 0.717) is 30.0 Å². The van der Waals surface area contributed by atoms with Crippen molar-refractivity contribution in [3.63, 3.8) is 0 Å². The summed E-state index contributed by atoms with van der Waals surface area (Å²) < 4.78 is 5.15. The highest BCUT2D eigenvalue weighted by atomic mass is 16.4. The highest BCUT2D eigenvalue weighted by molar-refractivity contribution is 5.96. The molecule has 1 atom stereocenters. The second kappa shape index (κ2) is 5.93. The Bertz CT molecular complexity index is 922. The normalized spacial score (nSPS) is 21.8. The van der Waals surface area contributed by atoms with Crippen molar-refractivity contribution in [2.75, 3.05) is 18.8 Å². The zero-order valence-electron chi connectivity index (χ0n) is 15.0. The summed E-state index contributed by atoms with van der Waals surface area (Å²) in [7, 11) is 0. The second-order valence-corrected chi connectivity index (χ2v) is 7.39. The van der Waals surface area contributed by atoms with Gasteiger partial charge in [0.05, 0.1) is 11.3 Å². The molecule has 2 aliphatic rings. The van der Waals surface area contributed by atoms with E-state index < -0.39 is 5.63 Å². The van der Waals surface area contributed by atoms with E-state index in [4.69, 9.17) is 10.2 Å². The van der Waals surface area contributed by atoms with Gasteiger partial charge in [-0.05, 0) is 50.7 Å². The Morgan fingerprint density at radius 1 is 1.35 bits per heavy atom. The van der Waals surface area contributed by atoms with Gasteiger partial charge in [0, 0.05) is 30.8 Å². The molecule has 0 aromatic carbocycles. The summed E-state index contributed by atoms with van der Waals surface area (Å²) in [5, 5.41) is 0. The van der Waals surface area contributed by atoms with Crippen LogP contribution < -0.4 is 11.4 Å². The number of nitrogen functional groups attached to an aromatic ring is 1. The SMILES string of the molecule is Cc1cc(=O)oc(C)c1C(=O)N1CCCC2(CCc3cnc(N)nc32)C1. The fourth-order valence-corrected chi connectivity index (χ4v) is 4.49. The number of aryl methyl sites for hydroxylation is 3. The number of rotatable bonds is 1. The van der Waals surface area contributed by atoms with Crippen molar-refractivity contribution in [2.24, 2.45) is 0 Å². The molecular formula is C19H22N4O3. The van der Waals surface area contributed by atoms with Crippen molar-refractivity contribution in [1.82, 2.24) is 14.9 Å². The highest BCUT2D eigenvalue weighted by Gasteiger charge is 2.45. The second-order valence-electron chi connectivity index (χ2n) is 7.39. The first-order chi connectivity index (χ1) is 12.4. The number of nitrogens with two attached hydrogens (primary N) is 1. The number of aromatic nitrogens is 2. The Balaban J connectivity index is 1.68. The molecule has 2 N–H and O–H groups in total. The molecule has 3 heterocycles. The monoisotopic (exact) mass is 354 g/mol. The lowest BCUT2D eigenvalue weighted by atomic mass is 9.77. The van der Waals surface area contributed by atoms with Gasteiger partial charge in [-0.15, -0.1) is 0 Å². The van der Waals surface area contributed by atoms with Gasteiger partial charge in [-0.2, -0.15) is 0 Å². The summed E-state index contributed by atoms with van der Waals surface area (Å²) in [4.78, 5) is 35.2. The maximum Gasteiger partial charge on any atom is 0.336 e. The number of fused-ring (bicyclic) bond motifs is 2. The number of anilines is 1. The van der Waals surface area contributed by atoms with Gasteiger partial charge in [-0.1, -0.05) is 0 Å². The van der Waals surface area contributed by atoms with Crippen LogP contribution in [0.25, 0.3) is 0 Å². The van der Waals surface area contributed by atoms with Gasteiger partial charge in [0.25, 0.3) is 5.91 Å². The zero-order chi connectivity index (χ0) is 18.5. The Labute approximate surface area is 151 Å². The number of hydrogen-bond donors (Lipinski definition) is 1. The third-order valence-electron chi connectivity index (χ3n) is 5.67. The predicted molar refractivity (Wildman–Crippen MR) is 96.0 cm³/mol. The molecule has 0 bridgehead atoms. The van der Waals surface area contributed by atoms with Crippen molar-refractivity contribution in [1.29, 1.82) is 0 Å². The van der Waals surface area contributed by atoms with E-state index in [1.54, 1.807) is 13.8 Å². The fourth-order valence-electron chi connectivity index (χ4n) is 4.49. The lowest BCUT2D eigenvalue weighted by molar-refractivity contribution is 0.0628. The van der Waals surface area contributed by atoms with E-state index >= 15 is 0 Å². The lowest BCUT2D eigenvalue weighted by Crippen LogP contribution is -2.48. The molecule has 26 heavy (non-hydrogen) atoms. The average molecular weight is 354 g/mol. The summed E-state index contributed by atoms with van der Waals surface area (Å²) in [5.74, 6) is 0.571. The van der Waals surface area contributed by atoms with Crippen molar-refractivity contribution in [2.45, 2.75) is 44.9 Å². The van der Waals surface area contributed by atoms with Crippen LogP contribution in [0.2, 0.25) is 0 Å². The van der Waals surface area contributed by atoms with Gasteiger partial charge < -0.3 is 15.1 Å². The van der Waals surface area contributed by atoms with Gasteiger partial charge in [0.1, 0.15) is 5.76 Å². The third-order valence-corrected chi connectivity index (χ3v) is 5.67. The summed E-state index contributed by atoms with van der Waals surface area (Å²) in [6, 6.07) is 1.37. The highest BCUT2D eigenvalue weighted by Crippen LogP contribution is 2.44. The molecule has 1 aliphatic heterocycles. The zero-order valence-corrected chi connectivity index (χ0v) is 15.0. The van der Waals surface area contributed by atoms with Crippen LogP contribution in [0.3, 0.4) is 0 Å². The number of piperidine rings is 1. The summed E-state index contributed by atoms with van der Waals surface area (Å²) in [5.41, 5.74) is 8.50. The van der Waals surface area contributed by atoms with E-state index in [1.807, 2.05) is 11.1 Å². The molecule has 0 radical (unpaired) electrons. The first kappa shape index (κ1) is 16.8. The molecule has 7 nitrogen and oxygen atoms in total. The fraction of sp³-hybridized carbons (Fsp3) is 0.474. The van der Waals surface area contributed by atoms with Crippen LogP contribution in [0.5, 0.6) is 0 Å². The maximum atomic E-state index is 13.2. The summed E-state index contributed by atoms with van der Waals surface area (Å²) in [6.45, 7) is 4.73. The first-order valence-electron chi connectivity index (χ1n) is 8.92. The molecule has 4 rings (SSSR count). The molecule has 7 heteroatoms. The number of hydrogen-bond acceptors (Lipinski definition) is 6. The molecule has 1 amide bonds. The minimum Gasteiger partial charge on any atom is -0.427 e. The van der Waals surface area contributed by atoms with Gasteiger partial charge >= 0.3 is 5.63 Å². The molecule has 2 aromatic rings. The minimum atomic E-state index is -0.427. The average Bonchev–Trinajstić information content (AvgIpc) is 2.91. The van der Waals surface area contributed by atoms with Crippen LogP contribution in [-0.4, -0.2) is 33.9 Å². The number of carbonyl (C=O) groups is 1. The smallest absolute Gasteiger partial charge is 0.336 e. The topological polar surface area (TPSA) is 102 Å². The van der Waals surface area contributed by atoms with Crippen LogP contribution in [0.15, 0.2) is 21.5 Å². The van der Waals surface area contributed by atoms with Gasteiger partial charge in [0.2, 0.25) is 5.95 Å². The van der Waals surface area contributed by atoms with Crippen molar-refractivity contribution in [3.05, 3.63) is 50.8 Å². The van der Waals surface area contributed by atoms with Crippen molar-refractivity contribution < 1.29 is 9.21 Å². The van der Waals surface area contributed by atoms with Gasteiger partial charge in [-0.25, -0.2) is 14.8 Å². The van der Waals surface area contributed by atoms with E-state index in [9.17, 15) is 9.59 Å². The Morgan fingerprint density at radius 2 is 2.15 bits per heavy atom. The molecule has 1 aliphatic carbocycles. The van der Waals surface area contributed by atoms with Crippen molar-refractivity contribution >= 4 is 11.9 Å². The van der Waals surface area contributed by atoms with Crippen molar-refractivity contribution in [3.8, 4) is 0 Å². The summed E-state index contributed by atoms with van der Waals surface area (Å²) in [6.07, 6.45) is 5.57. The molecule has 1 saturated heterocycles. The molecular weight excluding hydrogens is 332 g/mol. The lowest BCUT2D eigenvalue weighted by Gasteiger charge is -2.40. The Kier molecular flexibility index (Phi) is 3.82. The van der Waals surface area contributed by atoms with Gasteiger partial charge in [-0.3, -0.25) is 4.79 Å². The van der Waals surface area contributed by atoms with E-state index in [1.165, 1.54) is 6.07 Å². The number of likely N-dealkylation sites (tertiary alicyclic amines) is 1. The molecule has 1 unspecified atom stereocenters. The molecule has 1 fully saturated rings. The molecule has 1 spiro atoms. The molecule has 2 aromatic heterocycles. The van der Waals surface area contributed by atoms with Crippen LogP contribution in [0.1, 0.15) is 52.2 Å². The van der Waals surface area contributed by atoms with Crippen LogP contribution in [0.4, 0.5) is 5.95 Å². The predicted octanol–water partition coefficient (Wildman–Crippen LogP) is 1.75. The maximum absolute atomic E-state index is 13.2. The third kappa shape index (κ3) is 2.58. The van der Waals surface area contributed by atoms with E-state index in [-0.39, 0.29) is 17.3 Å². The van der Waals surface area contributed by atoms with E-state index in [0.717, 1.165) is 36.9 Å². The molecule has 0 saturated carbocycles. The van der Waals surface area contributed by atoms with E-state index in [2.05, 4.69) is 9.97 Å². The molecule has 136 valence electrons. The Morgan fingerprint density at radius 3 is 2.92 bits per heavy atom. The summed E-state index contributed by atoms with van der Waals surface area (Å²) >= 11 is 0. The quantitative estimate of drug-likeness (QED) is 0.837. The number of amides is 1.